The molecule has 102 valence electrons. The first-order valence-corrected chi connectivity index (χ1v) is 7.09. The third-order valence-electron chi connectivity index (χ3n) is 2.96. The number of aromatic nitrogens is 2. The normalized spacial score (nSPS) is 10.3. The van der Waals surface area contributed by atoms with Gasteiger partial charge in [0, 0.05) is 5.56 Å². The minimum absolute atomic E-state index is 0.0142. The lowest BCUT2D eigenvalue weighted by Gasteiger charge is -2.11. The summed E-state index contributed by atoms with van der Waals surface area (Å²) in [5, 5.41) is 19.2. The molecular weight excluding hydrogens is 274 g/mol. The van der Waals surface area contributed by atoms with Crippen molar-refractivity contribution in [3.8, 4) is 23.1 Å². The van der Waals surface area contributed by atoms with Crippen molar-refractivity contribution in [2.75, 3.05) is 6.26 Å². The van der Waals surface area contributed by atoms with Gasteiger partial charge in [0.05, 0.1) is 5.69 Å². The lowest BCUT2D eigenvalue weighted by molar-refractivity contribution is 0.474. The maximum absolute atomic E-state index is 11.9. The molecule has 0 saturated heterocycles. The van der Waals surface area contributed by atoms with E-state index in [4.69, 9.17) is 0 Å². The van der Waals surface area contributed by atoms with Gasteiger partial charge in [-0.2, -0.15) is 5.26 Å². The summed E-state index contributed by atoms with van der Waals surface area (Å²) in [7, 11) is 0. The van der Waals surface area contributed by atoms with Crippen molar-refractivity contribution in [2.24, 2.45) is 0 Å². The molecule has 0 aliphatic carbocycles. The second-order valence-electron chi connectivity index (χ2n) is 4.37. The van der Waals surface area contributed by atoms with E-state index in [9.17, 15) is 15.2 Å². The number of rotatable bonds is 2. The van der Waals surface area contributed by atoms with Gasteiger partial charge in [-0.3, -0.25) is 4.79 Å². The Morgan fingerprint density at radius 3 is 2.45 bits per heavy atom. The van der Waals surface area contributed by atoms with E-state index in [1.165, 1.54) is 11.8 Å². The van der Waals surface area contributed by atoms with E-state index < -0.39 is 5.56 Å². The van der Waals surface area contributed by atoms with Crippen LogP contribution < -0.4 is 5.56 Å². The molecule has 0 amide bonds. The van der Waals surface area contributed by atoms with Crippen molar-refractivity contribution in [3.05, 3.63) is 39.2 Å². The number of phenols is 1. The first-order valence-electron chi connectivity index (χ1n) is 5.87. The summed E-state index contributed by atoms with van der Waals surface area (Å²) in [5.41, 5.74) is 2.14. The largest absolute Gasteiger partial charge is 0.508 e. The molecule has 2 rings (SSSR count). The van der Waals surface area contributed by atoms with Crippen molar-refractivity contribution in [1.29, 1.82) is 5.26 Å². The zero-order valence-corrected chi connectivity index (χ0v) is 12.1. The van der Waals surface area contributed by atoms with Gasteiger partial charge < -0.3 is 10.1 Å². The van der Waals surface area contributed by atoms with Crippen LogP contribution in [0.25, 0.3) is 11.3 Å². The SMILES string of the molecule is CSc1nc(-c2c(C)cc(O)cc2C)c(C#N)c(=O)[nH]1. The average molecular weight is 287 g/mol. The number of phenolic OH excluding ortho intramolecular Hbond substituents is 1. The van der Waals surface area contributed by atoms with Crippen LogP contribution in [-0.4, -0.2) is 21.3 Å². The smallest absolute Gasteiger partial charge is 0.270 e. The fraction of sp³-hybridized carbons (Fsp3) is 0.214. The molecule has 0 radical (unpaired) electrons. The summed E-state index contributed by atoms with van der Waals surface area (Å²) in [6.45, 7) is 3.62. The molecule has 0 aliphatic heterocycles. The van der Waals surface area contributed by atoms with Crippen molar-refractivity contribution in [1.82, 2.24) is 9.97 Å². The molecule has 0 fully saturated rings. The monoisotopic (exact) mass is 287 g/mol. The number of benzene rings is 1. The maximum atomic E-state index is 11.9. The van der Waals surface area contributed by atoms with E-state index in [0.29, 0.717) is 16.4 Å². The first-order chi connectivity index (χ1) is 9.47. The molecule has 0 bridgehead atoms. The zero-order valence-electron chi connectivity index (χ0n) is 11.3. The number of aromatic amines is 1. The molecule has 0 unspecified atom stereocenters. The summed E-state index contributed by atoms with van der Waals surface area (Å²) in [4.78, 5) is 18.8. The molecule has 20 heavy (non-hydrogen) atoms. The van der Waals surface area contributed by atoms with Crippen LogP contribution in [0.3, 0.4) is 0 Å². The second kappa shape index (κ2) is 5.39. The summed E-state index contributed by atoms with van der Waals surface area (Å²) in [6, 6.07) is 5.08. The lowest BCUT2D eigenvalue weighted by Crippen LogP contribution is -2.15. The molecular formula is C14H13N3O2S. The molecule has 2 N–H and O–H groups in total. The minimum atomic E-state index is -0.450. The van der Waals surface area contributed by atoms with Gasteiger partial charge in [-0.05, 0) is 43.4 Å². The van der Waals surface area contributed by atoms with E-state index in [2.05, 4.69) is 9.97 Å². The van der Waals surface area contributed by atoms with Crippen LogP contribution in [0.4, 0.5) is 0 Å². The van der Waals surface area contributed by atoms with Crippen LogP contribution in [0.15, 0.2) is 22.1 Å². The molecule has 5 nitrogen and oxygen atoms in total. The van der Waals surface area contributed by atoms with Crippen molar-refractivity contribution >= 4 is 11.8 Å². The summed E-state index contributed by atoms with van der Waals surface area (Å²) >= 11 is 1.30. The highest BCUT2D eigenvalue weighted by molar-refractivity contribution is 7.98. The van der Waals surface area contributed by atoms with Crippen molar-refractivity contribution in [2.45, 2.75) is 19.0 Å². The summed E-state index contributed by atoms with van der Waals surface area (Å²) in [5.74, 6) is 0.150. The van der Waals surface area contributed by atoms with Crippen LogP contribution in [0.1, 0.15) is 16.7 Å². The van der Waals surface area contributed by atoms with Gasteiger partial charge in [0.1, 0.15) is 17.4 Å². The van der Waals surface area contributed by atoms with E-state index in [-0.39, 0.29) is 11.3 Å². The van der Waals surface area contributed by atoms with E-state index >= 15 is 0 Å². The highest BCUT2D eigenvalue weighted by Gasteiger charge is 2.17. The highest BCUT2D eigenvalue weighted by Crippen LogP contribution is 2.30. The lowest BCUT2D eigenvalue weighted by atomic mass is 9.97. The molecule has 0 saturated carbocycles. The Labute approximate surface area is 120 Å². The number of aromatic hydroxyl groups is 1. The molecule has 0 spiro atoms. The van der Waals surface area contributed by atoms with Crippen LogP contribution >= 0.6 is 11.8 Å². The zero-order chi connectivity index (χ0) is 14.9. The van der Waals surface area contributed by atoms with Crippen molar-refractivity contribution in [3.63, 3.8) is 0 Å². The van der Waals surface area contributed by atoms with Crippen molar-refractivity contribution < 1.29 is 5.11 Å². The second-order valence-corrected chi connectivity index (χ2v) is 5.16. The van der Waals surface area contributed by atoms with E-state index in [1.54, 1.807) is 18.4 Å². The van der Waals surface area contributed by atoms with Crippen LogP contribution in [-0.2, 0) is 0 Å². The van der Waals surface area contributed by atoms with Gasteiger partial charge in [-0.1, -0.05) is 11.8 Å². The number of nitrogens with one attached hydrogen (secondary N) is 1. The third-order valence-corrected chi connectivity index (χ3v) is 3.54. The number of nitriles is 1. The van der Waals surface area contributed by atoms with Crippen LogP contribution in [0.5, 0.6) is 5.75 Å². The Kier molecular flexibility index (Phi) is 3.81. The molecule has 2 aromatic rings. The van der Waals surface area contributed by atoms with Crippen LogP contribution in [0.2, 0.25) is 0 Å². The number of hydrogen-bond donors (Lipinski definition) is 2. The third kappa shape index (κ3) is 2.40. The number of H-pyrrole nitrogens is 1. The van der Waals surface area contributed by atoms with E-state index in [1.807, 2.05) is 19.9 Å². The molecule has 0 aliphatic rings. The minimum Gasteiger partial charge on any atom is -0.508 e. The van der Waals surface area contributed by atoms with Gasteiger partial charge in [-0.15, -0.1) is 0 Å². The molecule has 0 atom stereocenters. The maximum Gasteiger partial charge on any atom is 0.270 e. The highest BCUT2D eigenvalue weighted by atomic mass is 32.2. The number of thioether (sulfide) groups is 1. The standard InChI is InChI=1S/C14H13N3O2S/c1-7-4-9(18)5-8(2)11(7)12-10(6-15)13(19)17-14(16-12)20-3/h4-5,18H,1-3H3,(H,16,17,19). The Morgan fingerprint density at radius 1 is 1.35 bits per heavy atom. The average Bonchev–Trinajstić information content (AvgIpc) is 2.37. The Hall–Kier alpha value is -2.26. The van der Waals surface area contributed by atoms with Gasteiger partial charge >= 0.3 is 0 Å². The Balaban J connectivity index is 2.86. The fourth-order valence-electron chi connectivity index (χ4n) is 2.15. The molecule has 1 heterocycles. The first kappa shape index (κ1) is 14.2. The van der Waals surface area contributed by atoms with Crippen LogP contribution in [0, 0.1) is 25.2 Å². The number of hydrogen-bond acceptors (Lipinski definition) is 5. The Bertz CT molecular complexity index is 752. The number of nitrogens with zero attached hydrogens (tertiary/aromatic N) is 2. The molecule has 1 aromatic carbocycles. The summed E-state index contributed by atoms with van der Waals surface area (Å²) < 4.78 is 0. The molecule has 6 heteroatoms. The molecule has 1 aromatic heterocycles. The quantitative estimate of drug-likeness (QED) is 0.653. The number of aryl methyl sites for hydroxylation is 2. The predicted octanol–water partition coefficient (Wildman–Crippen LogP) is 2.35. The topological polar surface area (TPSA) is 89.8 Å². The predicted molar refractivity (Wildman–Crippen MR) is 77.9 cm³/mol. The Morgan fingerprint density at radius 2 is 1.95 bits per heavy atom. The van der Waals surface area contributed by atoms with Gasteiger partial charge in [0.2, 0.25) is 0 Å². The fourth-order valence-corrected chi connectivity index (χ4v) is 2.53. The van der Waals surface area contributed by atoms with Gasteiger partial charge in [0.15, 0.2) is 5.16 Å². The van der Waals surface area contributed by atoms with E-state index in [0.717, 1.165) is 11.1 Å². The van der Waals surface area contributed by atoms with Gasteiger partial charge in [0.25, 0.3) is 5.56 Å². The summed E-state index contributed by atoms with van der Waals surface area (Å²) in [6.07, 6.45) is 1.80. The van der Waals surface area contributed by atoms with Gasteiger partial charge in [-0.25, -0.2) is 4.98 Å².